The van der Waals surface area contributed by atoms with Crippen LogP contribution >= 0.6 is 7.82 Å². The molecule has 55 heavy (non-hydrogen) atoms. The molecule has 3 N–H and O–H groups in total. The lowest BCUT2D eigenvalue weighted by atomic mass is 10.0. The van der Waals surface area contributed by atoms with Crippen LogP contribution in [0.25, 0.3) is 0 Å². The third-order valence-electron chi connectivity index (χ3n) is 9.18. The average Bonchev–Trinajstić information content (AvgIpc) is 3.13. The van der Waals surface area contributed by atoms with E-state index in [1.54, 1.807) is 0 Å². The van der Waals surface area contributed by atoms with Crippen LogP contribution in [0.5, 0.6) is 0 Å². The third kappa shape index (κ3) is 38.9. The number of rotatable bonds is 39. The molecule has 3 unspecified atom stereocenters. The molecule has 0 fully saturated rings. The number of carbonyl (C=O) groups excluding carboxylic acids is 1. The van der Waals surface area contributed by atoms with Crippen LogP contribution in [-0.2, 0) is 27.9 Å². The van der Waals surface area contributed by atoms with Gasteiger partial charge >= 0.3 is 13.8 Å². The lowest BCUT2D eigenvalue weighted by Gasteiger charge is -2.24. The van der Waals surface area contributed by atoms with Gasteiger partial charge in [0, 0.05) is 6.42 Å². The topological polar surface area (TPSA) is 132 Å². The molecular formula is C44H83NO9P+. The molecule has 322 valence electrons. The first kappa shape index (κ1) is 53.2. The van der Waals surface area contributed by atoms with E-state index >= 15 is 0 Å². The van der Waals surface area contributed by atoms with Gasteiger partial charge in [0.25, 0.3) is 0 Å². The summed E-state index contributed by atoms with van der Waals surface area (Å²) in [5, 5.41) is 20.7. The molecule has 0 radical (unpaired) electrons. The molecule has 0 rings (SSSR count). The summed E-state index contributed by atoms with van der Waals surface area (Å²) in [6, 6.07) is 0. The zero-order valence-corrected chi connectivity index (χ0v) is 36.5. The van der Waals surface area contributed by atoms with Crippen LogP contribution in [0.4, 0.5) is 0 Å². The number of hydrogen-bond acceptors (Lipinski definition) is 8. The predicted octanol–water partition coefficient (Wildman–Crippen LogP) is 10.7. The molecule has 0 heterocycles. The van der Waals surface area contributed by atoms with Crippen molar-refractivity contribution >= 4 is 13.8 Å². The van der Waals surface area contributed by atoms with E-state index in [1.165, 1.54) is 89.7 Å². The van der Waals surface area contributed by atoms with Gasteiger partial charge in [0.05, 0.1) is 46.2 Å². The summed E-state index contributed by atoms with van der Waals surface area (Å²) in [4.78, 5) is 22.7. The van der Waals surface area contributed by atoms with Crippen LogP contribution in [0.15, 0.2) is 48.8 Å². The lowest BCUT2D eigenvalue weighted by molar-refractivity contribution is -0.870. The summed E-state index contributed by atoms with van der Waals surface area (Å²) in [5.41, 5.74) is 0. The number of quaternary nitrogens is 1. The van der Waals surface area contributed by atoms with E-state index in [2.05, 4.69) is 38.2 Å². The van der Waals surface area contributed by atoms with Gasteiger partial charge in [0.2, 0.25) is 0 Å². The molecule has 0 saturated carbocycles. The molecule has 0 aliphatic carbocycles. The van der Waals surface area contributed by atoms with E-state index in [0.29, 0.717) is 23.9 Å². The fourth-order valence-electron chi connectivity index (χ4n) is 5.58. The zero-order chi connectivity index (χ0) is 40.9. The molecule has 0 aliphatic rings. The molecular weight excluding hydrogens is 717 g/mol. The highest BCUT2D eigenvalue weighted by Crippen LogP contribution is 2.43. The van der Waals surface area contributed by atoms with E-state index in [-0.39, 0.29) is 32.7 Å². The summed E-state index contributed by atoms with van der Waals surface area (Å²) in [6.07, 6.45) is 37.0. The summed E-state index contributed by atoms with van der Waals surface area (Å²) in [7, 11) is 1.52. The quantitative estimate of drug-likeness (QED) is 0.0139. The van der Waals surface area contributed by atoms with E-state index in [9.17, 15) is 24.5 Å². The van der Waals surface area contributed by atoms with Crippen molar-refractivity contribution in [2.45, 2.75) is 180 Å². The van der Waals surface area contributed by atoms with Crippen LogP contribution < -0.4 is 0 Å². The fourth-order valence-corrected chi connectivity index (χ4v) is 6.32. The van der Waals surface area contributed by atoms with Gasteiger partial charge in [-0.1, -0.05) is 134 Å². The van der Waals surface area contributed by atoms with Crippen LogP contribution in [0.3, 0.4) is 0 Å². The molecule has 0 amide bonds. The first-order chi connectivity index (χ1) is 26.4. The van der Waals surface area contributed by atoms with E-state index in [4.69, 9.17) is 18.5 Å². The highest BCUT2D eigenvalue weighted by atomic mass is 31.2. The number of nitrogens with zero attached hydrogens (tertiary/aromatic N) is 1. The van der Waals surface area contributed by atoms with Gasteiger partial charge in [-0.05, 0) is 63.9 Å². The first-order valence-corrected chi connectivity index (χ1v) is 23.1. The van der Waals surface area contributed by atoms with E-state index in [0.717, 1.165) is 38.5 Å². The molecule has 11 heteroatoms. The third-order valence-corrected chi connectivity index (χ3v) is 10.2. The number of esters is 1. The normalized spacial score (nSPS) is 15.3. The van der Waals surface area contributed by atoms with Crippen LogP contribution in [-0.4, -0.2) is 91.4 Å². The maximum atomic E-state index is 12.5. The summed E-state index contributed by atoms with van der Waals surface area (Å²) in [6.45, 7) is 4.53. The summed E-state index contributed by atoms with van der Waals surface area (Å²) < 4.78 is 34.5. The van der Waals surface area contributed by atoms with Gasteiger partial charge in [-0.15, -0.1) is 0 Å². The number of unbranched alkanes of at least 4 members (excludes halogenated alkanes) is 15. The largest absolute Gasteiger partial charge is 0.492 e. The molecule has 0 bridgehead atoms. The minimum absolute atomic E-state index is 0.0439. The Hall–Kier alpha value is -1.78. The molecule has 0 saturated heterocycles. The number of phosphoric ester groups is 1. The minimum atomic E-state index is -4.33. The van der Waals surface area contributed by atoms with Crippen LogP contribution in [0.2, 0.25) is 0 Å². The number of phosphoric acid groups is 1. The number of carbonyl (C=O) groups is 1. The Morgan fingerprint density at radius 2 is 1.18 bits per heavy atom. The summed E-state index contributed by atoms with van der Waals surface area (Å²) in [5.74, 6) is -0.496. The van der Waals surface area contributed by atoms with Crippen LogP contribution in [0.1, 0.15) is 162 Å². The zero-order valence-electron chi connectivity index (χ0n) is 35.6. The minimum Gasteiger partial charge on any atom is -0.492 e. The second-order valence-corrected chi connectivity index (χ2v) is 17.2. The van der Waals surface area contributed by atoms with Gasteiger partial charge in [-0.3, -0.25) is 13.8 Å². The van der Waals surface area contributed by atoms with Gasteiger partial charge in [0.15, 0.2) is 6.10 Å². The van der Waals surface area contributed by atoms with Crippen molar-refractivity contribution in [3.63, 3.8) is 0 Å². The highest BCUT2D eigenvalue weighted by molar-refractivity contribution is 7.47. The number of aliphatic hydroxyl groups excluding tert-OH is 2. The Morgan fingerprint density at radius 3 is 1.80 bits per heavy atom. The Labute approximate surface area is 336 Å². The SMILES string of the molecule is CCCCC/C=C\C/C=C\C/C=C\CC(O)C(O)CCCC(=O)OC[C@H](COP(=O)(O)OCC[N+](C)(C)C)O/C=C/CCCCCCCCCCCCCC. The Kier molecular flexibility index (Phi) is 35.4. The Balaban J connectivity index is 4.54. The number of ether oxygens (including phenoxy) is 2. The van der Waals surface area contributed by atoms with Gasteiger partial charge in [-0.25, -0.2) is 4.57 Å². The van der Waals surface area contributed by atoms with Gasteiger partial charge in [0.1, 0.15) is 19.8 Å². The predicted molar refractivity (Wildman–Crippen MR) is 227 cm³/mol. The maximum absolute atomic E-state index is 12.5. The molecule has 0 aromatic rings. The van der Waals surface area contributed by atoms with Crippen molar-refractivity contribution in [3.05, 3.63) is 48.8 Å². The van der Waals surface area contributed by atoms with Crippen molar-refractivity contribution < 1.29 is 47.5 Å². The lowest BCUT2D eigenvalue weighted by Crippen LogP contribution is -2.37. The molecule has 0 aliphatic heterocycles. The first-order valence-electron chi connectivity index (χ1n) is 21.6. The van der Waals surface area contributed by atoms with Crippen molar-refractivity contribution in [1.82, 2.24) is 0 Å². The molecule has 10 nitrogen and oxygen atoms in total. The molecule has 0 aromatic heterocycles. The fraction of sp³-hybridized carbons (Fsp3) is 0.795. The highest BCUT2D eigenvalue weighted by Gasteiger charge is 2.26. The maximum Gasteiger partial charge on any atom is 0.472 e. The number of allylic oxidation sites excluding steroid dienone is 6. The monoisotopic (exact) mass is 801 g/mol. The smallest absolute Gasteiger partial charge is 0.472 e. The van der Waals surface area contributed by atoms with Gasteiger partial charge in [-0.2, -0.15) is 0 Å². The number of hydrogen-bond donors (Lipinski definition) is 3. The van der Waals surface area contributed by atoms with Crippen LogP contribution in [0, 0.1) is 0 Å². The second kappa shape index (κ2) is 36.6. The average molecular weight is 801 g/mol. The Bertz CT molecular complexity index is 1060. The molecule has 4 atom stereocenters. The second-order valence-electron chi connectivity index (χ2n) is 15.7. The number of aliphatic hydroxyl groups is 2. The van der Waals surface area contributed by atoms with Crippen molar-refractivity contribution in [2.24, 2.45) is 0 Å². The van der Waals surface area contributed by atoms with Gasteiger partial charge < -0.3 is 29.1 Å². The van der Waals surface area contributed by atoms with Crippen molar-refractivity contribution in [3.8, 4) is 0 Å². The number of likely N-dealkylation sites (N-methyl/N-ethyl adjacent to an activating group) is 1. The van der Waals surface area contributed by atoms with Crippen molar-refractivity contribution in [1.29, 1.82) is 0 Å². The standard InChI is InChI=1S/C44H82NO9P/c1-6-8-10-12-14-16-18-20-21-23-25-27-29-31-37-51-41(40-54-55(49,50)53-38-36-45(3,4)5)39-52-44(48)35-32-34-43(47)42(46)33-30-28-26-24-22-19-17-15-13-11-9-7-2/h15,17,22,24,28,30-31,37,41-43,46-47H,6-14,16,18-21,23,25-27,29,32-36,38-40H2,1-5H3/p+1/b17-15-,24-22-,30-28-,37-31+/t41-,42?,43?/m1/s1. The van der Waals surface area contributed by atoms with Crippen molar-refractivity contribution in [2.75, 3.05) is 47.5 Å². The van der Waals surface area contributed by atoms with E-state index < -0.39 is 32.1 Å². The molecule has 0 spiro atoms. The molecule has 0 aromatic carbocycles. The van der Waals surface area contributed by atoms with E-state index in [1.807, 2.05) is 39.4 Å². The Morgan fingerprint density at radius 1 is 0.655 bits per heavy atom. The summed E-state index contributed by atoms with van der Waals surface area (Å²) >= 11 is 0.